The van der Waals surface area contributed by atoms with Crippen molar-refractivity contribution in [2.45, 2.75) is 26.3 Å². The number of nitro groups is 1. The van der Waals surface area contributed by atoms with Gasteiger partial charge < -0.3 is 5.32 Å². The minimum atomic E-state index is -0.474. The summed E-state index contributed by atoms with van der Waals surface area (Å²) in [7, 11) is 0. The van der Waals surface area contributed by atoms with Gasteiger partial charge in [-0.2, -0.15) is 0 Å². The molecule has 0 aliphatic carbocycles. The van der Waals surface area contributed by atoms with Gasteiger partial charge in [0.2, 0.25) is 0 Å². The highest BCUT2D eigenvalue weighted by atomic mass is 79.9. The zero-order valence-corrected chi connectivity index (χ0v) is 14.5. The molecule has 0 fully saturated rings. The smallest absolute Gasteiger partial charge is 0.273 e. The van der Waals surface area contributed by atoms with E-state index < -0.39 is 4.92 Å². The summed E-state index contributed by atoms with van der Waals surface area (Å²) in [4.78, 5) is 23.0. The molecule has 0 aliphatic rings. The number of amides is 1. The monoisotopic (exact) mass is 376 g/mol. The second kappa shape index (κ2) is 7.37. The Morgan fingerprint density at radius 2 is 1.91 bits per heavy atom. The number of nitro benzene ring substituents is 1. The standard InChI is InChI=1S/C17H17BrN2O3/c1-3-15(12-7-9-13(18)10-8-12)19-17(21)14-5-4-6-16(11(14)2)20(22)23/h4-10,15H,3H2,1-2H3,(H,19,21). The van der Waals surface area contributed by atoms with Gasteiger partial charge in [-0.25, -0.2) is 0 Å². The third-order valence-corrected chi connectivity index (χ3v) is 4.26. The molecule has 6 heteroatoms. The Hall–Kier alpha value is -2.21. The van der Waals surface area contributed by atoms with Crippen molar-refractivity contribution in [2.24, 2.45) is 0 Å². The second-order valence-corrected chi connectivity index (χ2v) is 6.11. The average molecular weight is 377 g/mol. The van der Waals surface area contributed by atoms with Gasteiger partial charge in [-0.05, 0) is 37.1 Å². The van der Waals surface area contributed by atoms with Crippen LogP contribution in [0.15, 0.2) is 46.9 Å². The zero-order valence-electron chi connectivity index (χ0n) is 12.9. The van der Waals surface area contributed by atoms with Crippen molar-refractivity contribution >= 4 is 27.5 Å². The van der Waals surface area contributed by atoms with E-state index in [1.165, 1.54) is 12.1 Å². The molecule has 2 aromatic rings. The Labute approximate surface area is 143 Å². The quantitative estimate of drug-likeness (QED) is 0.614. The largest absolute Gasteiger partial charge is 0.345 e. The van der Waals surface area contributed by atoms with E-state index in [0.717, 1.165) is 16.5 Å². The van der Waals surface area contributed by atoms with Gasteiger partial charge in [0, 0.05) is 21.7 Å². The summed E-state index contributed by atoms with van der Waals surface area (Å²) in [6, 6.07) is 12.1. The topological polar surface area (TPSA) is 72.2 Å². The number of carbonyl (C=O) groups excluding carboxylic acids is 1. The molecule has 0 bridgehead atoms. The predicted octanol–water partition coefficient (Wildman–Crippen LogP) is 4.55. The van der Waals surface area contributed by atoms with Crippen LogP contribution in [-0.4, -0.2) is 10.8 Å². The maximum absolute atomic E-state index is 12.5. The Morgan fingerprint density at radius 3 is 2.48 bits per heavy atom. The third-order valence-electron chi connectivity index (χ3n) is 3.73. The molecule has 1 atom stereocenters. The number of halogens is 1. The highest BCUT2D eigenvalue weighted by Gasteiger charge is 2.20. The highest BCUT2D eigenvalue weighted by Crippen LogP contribution is 2.23. The first kappa shape index (κ1) is 17.1. The van der Waals surface area contributed by atoms with Gasteiger partial charge in [0.05, 0.1) is 11.0 Å². The first-order chi connectivity index (χ1) is 10.9. The van der Waals surface area contributed by atoms with E-state index in [-0.39, 0.29) is 17.6 Å². The van der Waals surface area contributed by atoms with E-state index in [1.807, 2.05) is 31.2 Å². The molecule has 23 heavy (non-hydrogen) atoms. The maximum atomic E-state index is 12.5. The summed E-state index contributed by atoms with van der Waals surface area (Å²) < 4.78 is 0.969. The minimum absolute atomic E-state index is 0.0469. The van der Waals surface area contributed by atoms with Crippen LogP contribution >= 0.6 is 15.9 Å². The van der Waals surface area contributed by atoms with Crippen molar-refractivity contribution in [3.63, 3.8) is 0 Å². The van der Waals surface area contributed by atoms with Gasteiger partial charge >= 0.3 is 0 Å². The molecule has 0 saturated carbocycles. The molecule has 5 nitrogen and oxygen atoms in total. The summed E-state index contributed by atoms with van der Waals surface area (Å²) >= 11 is 3.38. The van der Waals surface area contributed by atoms with Crippen molar-refractivity contribution in [2.75, 3.05) is 0 Å². The van der Waals surface area contributed by atoms with Crippen LogP contribution in [0.25, 0.3) is 0 Å². The maximum Gasteiger partial charge on any atom is 0.273 e. The number of hydrogen-bond donors (Lipinski definition) is 1. The lowest BCUT2D eigenvalue weighted by atomic mass is 10.0. The Kier molecular flexibility index (Phi) is 5.50. The SMILES string of the molecule is CCC(NC(=O)c1cccc([N+](=O)[O-])c1C)c1ccc(Br)cc1. The average Bonchev–Trinajstić information content (AvgIpc) is 2.53. The molecule has 1 N–H and O–H groups in total. The molecule has 2 rings (SSSR count). The van der Waals surface area contributed by atoms with Gasteiger partial charge in [-0.3, -0.25) is 14.9 Å². The van der Waals surface area contributed by atoms with Crippen LogP contribution in [0.1, 0.15) is 40.9 Å². The van der Waals surface area contributed by atoms with Crippen molar-refractivity contribution < 1.29 is 9.72 Å². The van der Waals surface area contributed by atoms with Gasteiger partial charge in [0.25, 0.3) is 11.6 Å². The van der Waals surface area contributed by atoms with E-state index in [0.29, 0.717) is 11.1 Å². The molecule has 2 aromatic carbocycles. The number of nitrogens with zero attached hydrogens (tertiary/aromatic N) is 1. The van der Waals surface area contributed by atoms with Crippen LogP contribution in [0.3, 0.4) is 0 Å². The molecule has 0 heterocycles. The minimum Gasteiger partial charge on any atom is -0.345 e. The second-order valence-electron chi connectivity index (χ2n) is 5.19. The van der Waals surface area contributed by atoms with Crippen molar-refractivity contribution in [3.05, 3.63) is 73.7 Å². The molecular formula is C17H17BrN2O3. The lowest BCUT2D eigenvalue weighted by molar-refractivity contribution is -0.385. The summed E-state index contributed by atoms with van der Waals surface area (Å²) in [5.74, 6) is -0.305. The fraction of sp³-hybridized carbons (Fsp3) is 0.235. The van der Waals surface area contributed by atoms with E-state index in [2.05, 4.69) is 21.2 Å². The Bertz CT molecular complexity index is 729. The molecule has 1 unspecified atom stereocenters. The van der Waals surface area contributed by atoms with Crippen LogP contribution in [0.5, 0.6) is 0 Å². The van der Waals surface area contributed by atoms with Crippen molar-refractivity contribution in [1.82, 2.24) is 5.32 Å². The van der Waals surface area contributed by atoms with E-state index in [4.69, 9.17) is 0 Å². The summed E-state index contributed by atoms with van der Waals surface area (Å²) in [5.41, 5.74) is 1.65. The molecule has 0 aliphatic heterocycles. The van der Waals surface area contributed by atoms with Crippen LogP contribution in [0, 0.1) is 17.0 Å². The molecule has 0 radical (unpaired) electrons. The number of hydrogen-bond acceptors (Lipinski definition) is 3. The van der Waals surface area contributed by atoms with Crippen molar-refractivity contribution in [1.29, 1.82) is 0 Å². The third kappa shape index (κ3) is 3.96. The van der Waals surface area contributed by atoms with Gasteiger partial charge in [-0.1, -0.05) is 41.1 Å². The predicted molar refractivity (Wildman–Crippen MR) is 92.5 cm³/mol. The first-order valence-electron chi connectivity index (χ1n) is 7.24. The van der Waals surface area contributed by atoms with Crippen LogP contribution < -0.4 is 5.32 Å². The van der Waals surface area contributed by atoms with E-state index in [9.17, 15) is 14.9 Å². The molecule has 120 valence electrons. The number of rotatable bonds is 5. The van der Waals surface area contributed by atoms with E-state index in [1.54, 1.807) is 13.0 Å². The summed E-state index contributed by atoms with van der Waals surface area (Å²) in [6.07, 6.45) is 0.724. The lowest BCUT2D eigenvalue weighted by Crippen LogP contribution is -2.28. The fourth-order valence-corrected chi connectivity index (χ4v) is 2.68. The Morgan fingerprint density at radius 1 is 1.26 bits per heavy atom. The molecule has 0 aromatic heterocycles. The molecule has 1 amide bonds. The molecular weight excluding hydrogens is 360 g/mol. The first-order valence-corrected chi connectivity index (χ1v) is 8.03. The van der Waals surface area contributed by atoms with Crippen LogP contribution in [0.2, 0.25) is 0 Å². The lowest BCUT2D eigenvalue weighted by Gasteiger charge is -2.18. The molecule has 0 spiro atoms. The normalized spacial score (nSPS) is 11.8. The van der Waals surface area contributed by atoms with Crippen molar-refractivity contribution in [3.8, 4) is 0 Å². The van der Waals surface area contributed by atoms with E-state index >= 15 is 0 Å². The number of nitrogens with one attached hydrogen (secondary N) is 1. The van der Waals surface area contributed by atoms with Gasteiger partial charge in [0.15, 0.2) is 0 Å². The van der Waals surface area contributed by atoms with Crippen LogP contribution in [0.4, 0.5) is 5.69 Å². The van der Waals surface area contributed by atoms with Gasteiger partial charge in [-0.15, -0.1) is 0 Å². The zero-order chi connectivity index (χ0) is 17.0. The Balaban J connectivity index is 2.25. The summed E-state index contributed by atoms with van der Waals surface area (Å²) in [6.45, 7) is 3.57. The highest BCUT2D eigenvalue weighted by molar-refractivity contribution is 9.10. The number of carbonyl (C=O) groups is 1. The molecule has 0 saturated heterocycles. The van der Waals surface area contributed by atoms with Gasteiger partial charge in [0.1, 0.15) is 0 Å². The summed E-state index contributed by atoms with van der Waals surface area (Å²) in [5, 5.41) is 13.9. The fourth-order valence-electron chi connectivity index (χ4n) is 2.42. The van der Waals surface area contributed by atoms with Crippen LogP contribution in [-0.2, 0) is 0 Å². The number of benzene rings is 2.